The summed E-state index contributed by atoms with van der Waals surface area (Å²) in [6.45, 7) is 3.04. The van der Waals surface area contributed by atoms with Crippen LogP contribution in [-0.2, 0) is 11.2 Å². The van der Waals surface area contributed by atoms with Crippen molar-refractivity contribution in [1.29, 1.82) is 0 Å². The number of phenols is 1. The van der Waals surface area contributed by atoms with E-state index < -0.39 is 0 Å². The Balaban J connectivity index is 2.59. The molecule has 0 atom stereocenters. The highest BCUT2D eigenvalue weighted by molar-refractivity contribution is 5.32. The Hall–Kier alpha value is -1.09. The number of phenolic OH excluding ortho intramolecular Hbond substituents is 1. The molecule has 0 unspecified atom stereocenters. The summed E-state index contributed by atoms with van der Waals surface area (Å²) < 4.78 is 17.8. The average Bonchev–Trinajstić information content (AvgIpc) is 2.11. The van der Waals surface area contributed by atoms with Crippen LogP contribution in [0.3, 0.4) is 0 Å². The highest BCUT2D eigenvalue weighted by Crippen LogP contribution is 2.18. The summed E-state index contributed by atoms with van der Waals surface area (Å²) in [4.78, 5) is 0. The number of hydrogen-bond donors (Lipinski definition) is 1. The van der Waals surface area contributed by atoms with Crippen LogP contribution in [0.1, 0.15) is 12.5 Å². The fourth-order valence-corrected chi connectivity index (χ4v) is 1.08. The molecule has 0 heterocycles. The first-order chi connectivity index (χ1) is 6.24. The highest BCUT2D eigenvalue weighted by Gasteiger charge is 2.01. The second kappa shape index (κ2) is 4.82. The molecule has 0 radical (unpaired) electrons. The maximum atomic E-state index is 12.7. The zero-order valence-electron chi connectivity index (χ0n) is 7.59. The summed E-state index contributed by atoms with van der Waals surface area (Å²) in [5.74, 6) is -0.203. The Morgan fingerprint density at radius 1 is 1.46 bits per heavy atom. The van der Waals surface area contributed by atoms with Gasteiger partial charge in [0.2, 0.25) is 0 Å². The van der Waals surface area contributed by atoms with Crippen LogP contribution in [0, 0.1) is 5.82 Å². The van der Waals surface area contributed by atoms with Crippen molar-refractivity contribution in [3.63, 3.8) is 0 Å². The van der Waals surface area contributed by atoms with E-state index in [1.165, 1.54) is 18.2 Å². The third-order valence-electron chi connectivity index (χ3n) is 1.76. The quantitative estimate of drug-likeness (QED) is 0.726. The number of rotatable bonds is 4. The van der Waals surface area contributed by atoms with Gasteiger partial charge in [-0.25, -0.2) is 4.39 Å². The SMILES string of the molecule is CCOCCc1cc(F)ccc1O. The predicted molar refractivity (Wildman–Crippen MR) is 48.3 cm³/mol. The number of benzene rings is 1. The Kier molecular flexibility index (Phi) is 3.71. The van der Waals surface area contributed by atoms with E-state index in [-0.39, 0.29) is 11.6 Å². The summed E-state index contributed by atoms with van der Waals surface area (Å²) in [5, 5.41) is 9.31. The van der Waals surface area contributed by atoms with Crippen LogP contribution in [0.15, 0.2) is 18.2 Å². The number of ether oxygens (including phenoxy) is 1. The van der Waals surface area contributed by atoms with Gasteiger partial charge in [-0.05, 0) is 37.1 Å². The van der Waals surface area contributed by atoms with Crippen molar-refractivity contribution in [2.75, 3.05) is 13.2 Å². The molecule has 72 valence electrons. The van der Waals surface area contributed by atoms with Crippen molar-refractivity contribution in [2.45, 2.75) is 13.3 Å². The first kappa shape index (κ1) is 9.99. The fourth-order valence-electron chi connectivity index (χ4n) is 1.08. The van der Waals surface area contributed by atoms with Crippen molar-refractivity contribution >= 4 is 0 Å². The molecule has 2 nitrogen and oxygen atoms in total. The lowest BCUT2D eigenvalue weighted by Crippen LogP contribution is -1.98. The van der Waals surface area contributed by atoms with Gasteiger partial charge in [-0.15, -0.1) is 0 Å². The van der Waals surface area contributed by atoms with E-state index in [1.54, 1.807) is 0 Å². The fraction of sp³-hybridized carbons (Fsp3) is 0.400. The molecule has 1 rings (SSSR count). The van der Waals surface area contributed by atoms with E-state index in [9.17, 15) is 9.50 Å². The topological polar surface area (TPSA) is 29.5 Å². The zero-order valence-corrected chi connectivity index (χ0v) is 7.59. The molecule has 1 aromatic rings. The van der Waals surface area contributed by atoms with Crippen molar-refractivity contribution in [3.8, 4) is 5.75 Å². The van der Waals surface area contributed by atoms with Crippen LogP contribution in [0.25, 0.3) is 0 Å². The van der Waals surface area contributed by atoms with Gasteiger partial charge in [0.1, 0.15) is 11.6 Å². The molecule has 0 saturated heterocycles. The lowest BCUT2D eigenvalue weighted by molar-refractivity contribution is 0.150. The predicted octanol–water partition coefficient (Wildman–Crippen LogP) is 2.11. The Bertz CT molecular complexity index is 274. The van der Waals surface area contributed by atoms with E-state index in [4.69, 9.17) is 4.74 Å². The molecule has 0 saturated carbocycles. The van der Waals surface area contributed by atoms with Gasteiger partial charge in [0, 0.05) is 6.61 Å². The highest BCUT2D eigenvalue weighted by atomic mass is 19.1. The van der Waals surface area contributed by atoms with Crippen molar-refractivity contribution in [3.05, 3.63) is 29.6 Å². The molecule has 0 amide bonds. The van der Waals surface area contributed by atoms with Gasteiger partial charge < -0.3 is 9.84 Å². The minimum atomic E-state index is -0.329. The van der Waals surface area contributed by atoms with Crippen molar-refractivity contribution in [2.24, 2.45) is 0 Å². The lowest BCUT2D eigenvalue weighted by atomic mass is 10.1. The molecule has 0 fully saturated rings. The van der Waals surface area contributed by atoms with Crippen LogP contribution < -0.4 is 0 Å². The molecule has 1 aromatic carbocycles. The van der Waals surface area contributed by atoms with Crippen LogP contribution in [0.5, 0.6) is 5.75 Å². The van der Waals surface area contributed by atoms with Crippen molar-refractivity contribution in [1.82, 2.24) is 0 Å². The summed E-state index contributed by atoms with van der Waals surface area (Å²) in [7, 11) is 0. The molecule has 0 aliphatic heterocycles. The maximum Gasteiger partial charge on any atom is 0.123 e. The summed E-state index contributed by atoms with van der Waals surface area (Å²) >= 11 is 0. The molecule has 0 aliphatic carbocycles. The number of halogens is 1. The zero-order chi connectivity index (χ0) is 9.68. The van der Waals surface area contributed by atoms with Gasteiger partial charge >= 0.3 is 0 Å². The minimum Gasteiger partial charge on any atom is -0.508 e. The van der Waals surface area contributed by atoms with Crippen molar-refractivity contribution < 1.29 is 14.2 Å². The van der Waals surface area contributed by atoms with Crippen LogP contribution >= 0.6 is 0 Å². The largest absolute Gasteiger partial charge is 0.508 e. The molecule has 0 aromatic heterocycles. The standard InChI is InChI=1S/C10H13FO2/c1-2-13-6-5-8-7-9(11)3-4-10(8)12/h3-4,7,12H,2,5-6H2,1H3. The average molecular weight is 184 g/mol. The van der Waals surface area contributed by atoms with Gasteiger partial charge in [-0.1, -0.05) is 0 Å². The van der Waals surface area contributed by atoms with E-state index in [1.807, 2.05) is 6.92 Å². The minimum absolute atomic E-state index is 0.126. The van der Waals surface area contributed by atoms with Crippen LogP contribution in [-0.4, -0.2) is 18.3 Å². The molecule has 3 heteroatoms. The molecule has 13 heavy (non-hydrogen) atoms. The Morgan fingerprint density at radius 3 is 2.92 bits per heavy atom. The summed E-state index contributed by atoms with van der Waals surface area (Å²) in [6, 6.07) is 3.92. The molecule has 1 N–H and O–H groups in total. The third kappa shape index (κ3) is 3.03. The van der Waals surface area contributed by atoms with E-state index >= 15 is 0 Å². The first-order valence-electron chi connectivity index (χ1n) is 4.29. The normalized spacial score (nSPS) is 10.3. The smallest absolute Gasteiger partial charge is 0.123 e. The van der Waals surface area contributed by atoms with E-state index in [2.05, 4.69) is 0 Å². The number of aromatic hydroxyl groups is 1. The van der Waals surface area contributed by atoms with Crippen LogP contribution in [0.4, 0.5) is 4.39 Å². The van der Waals surface area contributed by atoms with E-state index in [0.717, 1.165) is 0 Å². The summed E-state index contributed by atoms with van der Waals surface area (Å²) in [5.41, 5.74) is 0.591. The second-order valence-electron chi connectivity index (χ2n) is 2.72. The Morgan fingerprint density at radius 2 is 2.23 bits per heavy atom. The second-order valence-corrected chi connectivity index (χ2v) is 2.72. The first-order valence-corrected chi connectivity index (χ1v) is 4.29. The number of hydrogen-bond acceptors (Lipinski definition) is 2. The molecule has 0 spiro atoms. The molecule has 0 aliphatic rings. The van der Waals surface area contributed by atoms with Gasteiger partial charge in [0.25, 0.3) is 0 Å². The maximum absolute atomic E-state index is 12.7. The van der Waals surface area contributed by atoms with Gasteiger partial charge in [-0.2, -0.15) is 0 Å². The Labute approximate surface area is 77.0 Å². The molecular formula is C10H13FO2. The lowest BCUT2D eigenvalue weighted by Gasteiger charge is -2.04. The monoisotopic (exact) mass is 184 g/mol. The van der Waals surface area contributed by atoms with Crippen LogP contribution in [0.2, 0.25) is 0 Å². The molecular weight excluding hydrogens is 171 g/mol. The summed E-state index contributed by atoms with van der Waals surface area (Å²) in [6.07, 6.45) is 0.539. The van der Waals surface area contributed by atoms with E-state index in [0.29, 0.717) is 25.2 Å². The van der Waals surface area contributed by atoms with Gasteiger partial charge in [-0.3, -0.25) is 0 Å². The van der Waals surface area contributed by atoms with Gasteiger partial charge in [0.05, 0.1) is 6.61 Å². The molecule has 0 bridgehead atoms. The third-order valence-corrected chi connectivity index (χ3v) is 1.76. The van der Waals surface area contributed by atoms with Gasteiger partial charge in [0.15, 0.2) is 0 Å².